The predicted molar refractivity (Wildman–Crippen MR) is 65.3 cm³/mol. The Morgan fingerprint density at radius 3 is 2.16 bits per heavy atom. The molecule has 0 saturated carbocycles. The molecule has 19 heavy (non-hydrogen) atoms. The van der Waals surface area contributed by atoms with Crippen LogP contribution in [0.4, 0.5) is 18.9 Å². The minimum absolute atomic E-state index is 0.00777. The summed E-state index contributed by atoms with van der Waals surface area (Å²) in [5.41, 5.74) is 5.86. The van der Waals surface area contributed by atoms with Crippen molar-refractivity contribution in [3.05, 3.63) is 64.5 Å². The van der Waals surface area contributed by atoms with Gasteiger partial charge in [-0.3, -0.25) is 4.79 Å². The molecule has 0 spiro atoms. The summed E-state index contributed by atoms with van der Waals surface area (Å²) in [6.07, 6.45) is 0. The van der Waals surface area contributed by atoms with Gasteiger partial charge in [0, 0.05) is 22.4 Å². The van der Waals surface area contributed by atoms with E-state index in [1.165, 1.54) is 13.0 Å². The molecule has 2 aromatic rings. The number of benzene rings is 2. The molecule has 0 heterocycles. The van der Waals surface area contributed by atoms with Gasteiger partial charge in [-0.1, -0.05) is 0 Å². The number of carbonyl (C=O) groups is 1. The Morgan fingerprint density at radius 1 is 0.947 bits per heavy atom. The molecule has 2 aromatic carbocycles. The SMILES string of the molecule is Cc1c(N)cc(C(=O)c2ccc(F)c(F)c2)cc1F. The number of rotatable bonds is 2. The number of nitrogen functional groups attached to an aromatic ring is 1. The summed E-state index contributed by atoms with van der Waals surface area (Å²) in [5, 5.41) is 0. The maximum atomic E-state index is 13.5. The van der Waals surface area contributed by atoms with Crippen LogP contribution in [-0.2, 0) is 0 Å². The lowest BCUT2D eigenvalue weighted by Gasteiger charge is -2.06. The minimum atomic E-state index is -1.13. The van der Waals surface area contributed by atoms with Gasteiger partial charge in [-0.05, 0) is 37.3 Å². The van der Waals surface area contributed by atoms with Crippen molar-refractivity contribution < 1.29 is 18.0 Å². The first kappa shape index (κ1) is 13.1. The fourth-order valence-electron chi connectivity index (χ4n) is 1.64. The van der Waals surface area contributed by atoms with Gasteiger partial charge < -0.3 is 5.73 Å². The normalized spacial score (nSPS) is 10.5. The monoisotopic (exact) mass is 265 g/mol. The summed E-state index contributed by atoms with van der Waals surface area (Å²) in [7, 11) is 0. The van der Waals surface area contributed by atoms with Crippen molar-refractivity contribution in [1.82, 2.24) is 0 Å². The van der Waals surface area contributed by atoms with E-state index in [1.807, 2.05) is 0 Å². The Kier molecular flexibility index (Phi) is 3.29. The first-order valence-electron chi connectivity index (χ1n) is 5.45. The van der Waals surface area contributed by atoms with Crippen LogP contribution in [-0.4, -0.2) is 5.78 Å². The highest BCUT2D eigenvalue weighted by molar-refractivity contribution is 6.09. The third-order valence-corrected chi connectivity index (χ3v) is 2.83. The Morgan fingerprint density at radius 2 is 1.58 bits per heavy atom. The number of carbonyl (C=O) groups excluding carboxylic acids is 1. The third-order valence-electron chi connectivity index (χ3n) is 2.83. The molecular weight excluding hydrogens is 255 g/mol. The van der Waals surface area contributed by atoms with Gasteiger partial charge >= 0.3 is 0 Å². The smallest absolute Gasteiger partial charge is 0.193 e. The second-order valence-corrected chi connectivity index (χ2v) is 4.13. The average molecular weight is 265 g/mol. The van der Waals surface area contributed by atoms with Gasteiger partial charge in [-0.25, -0.2) is 13.2 Å². The van der Waals surface area contributed by atoms with Crippen LogP contribution >= 0.6 is 0 Å². The van der Waals surface area contributed by atoms with Crippen LogP contribution in [0.15, 0.2) is 30.3 Å². The van der Waals surface area contributed by atoms with E-state index in [9.17, 15) is 18.0 Å². The second kappa shape index (κ2) is 4.76. The molecule has 5 heteroatoms. The van der Waals surface area contributed by atoms with Crippen LogP contribution in [0.25, 0.3) is 0 Å². The van der Waals surface area contributed by atoms with Gasteiger partial charge in [0.15, 0.2) is 17.4 Å². The van der Waals surface area contributed by atoms with Crippen molar-refractivity contribution in [2.24, 2.45) is 0 Å². The number of anilines is 1. The molecule has 2 rings (SSSR count). The van der Waals surface area contributed by atoms with Gasteiger partial charge in [0.25, 0.3) is 0 Å². The number of ketones is 1. The molecule has 0 atom stereocenters. The van der Waals surface area contributed by atoms with E-state index in [-0.39, 0.29) is 22.4 Å². The molecule has 98 valence electrons. The second-order valence-electron chi connectivity index (χ2n) is 4.13. The molecule has 0 amide bonds. The standard InChI is InChI=1S/C14H10F3NO/c1-7-11(16)5-9(6-13(7)18)14(19)8-2-3-10(15)12(17)4-8/h2-6H,18H2,1H3. The number of nitrogens with two attached hydrogens (primary N) is 1. The summed E-state index contributed by atoms with van der Waals surface area (Å²) in [6.45, 7) is 1.48. The van der Waals surface area contributed by atoms with E-state index in [4.69, 9.17) is 5.73 Å². The molecular formula is C14H10F3NO. The fraction of sp³-hybridized carbons (Fsp3) is 0.0714. The first-order valence-corrected chi connectivity index (χ1v) is 5.45. The molecule has 0 aromatic heterocycles. The molecule has 0 aliphatic rings. The summed E-state index contributed by atoms with van der Waals surface area (Å²) >= 11 is 0. The molecule has 0 unspecified atom stereocenters. The highest BCUT2D eigenvalue weighted by Crippen LogP contribution is 2.20. The van der Waals surface area contributed by atoms with Gasteiger partial charge in [0.2, 0.25) is 0 Å². The summed E-state index contributed by atoms with van der Waals surface area (Å²) in [5.74, 6) is -3.42. The molecule has 0 fully saturated rings. The van der Waals surface area contributed by atoms with Crippen LogP contribution in [0.2, 0.25) is 0 Å². The van der Waals surface area contributed by atoms with Crippen LogP contribution in [0.3, 0.4) is 0 Å². The molecule has 2 N–H and O–H groups in total. The maximum Gasteiger partial charge on any atom is 0.193 e. The van der Waals surface area contributed by atoms with Crippen LogP contribution in [0.1, 0.15) is 21.5 Å². The van der Waals surface area contributed by atoms with Gasteiger partial charge in [-0.15, -0.1) is 0 Å². The fourth-order valence-corrected chi connectivity index (χ4v) is 1.64. The van der Waals surface area contributed by atoms with Crippen LogP contribution < -0.4 is 5.73 Å². The minimum Gasteiger partial charge on any atom is -0.398 e. The van der Waals surface area contributed by atoms with Crippen LogP contribution in [0, 0.1) is 24.4 Å². The molecule has 0 saturated heterocycles. The molecule has 0 aliphatic carbocycles. The Labute approximate surface area is 107 Å². The van der Waals surface area contributed by atoms with Gasteiger partial charge in [0.05, 0.1) is 0 Å². The predicted octanol–water partition coefficient (Wildman–Crippen LogP) is 3.23. The quantitative estimate of drug-likeness (QED) is 0.669. The number of hydrogen-bond donors (Lipinski definition) is 1. The molecule has 0 radical (unpaired) electrons. The average Bonchev–Trinajstić information content (AvgIpc) is 2.37. The number of halogens is 3. The maximum absolute atomic E-state index is 13.5. The summed E-state index contributed by atoms with van der Waals surface area (Å²) < 4.78 is 39.3. The highest BCUT2D eigenvalue weighted by Gasteiger charge is 2.15. The van der Waals surface area contributed by atoms with Crippen molar-refractivity contribution in [2.75, 3.05) is 5.73 Å². The molecule has 0 aliphatic heterocycles. The van der Waals surface area contributed by atoms with E-state index in [0.717, 1.165) is 24.3 Å². The van der Waals surface area contributed by atoms with Crippen molar-refractivity contribution in [2.45, 2.75) is 6.92 Å². The Bertz CT molecular complexity index is 645. The lowest BCUT2D eigenvalue weighted by molar-refractivity contribution is 0.103. The lowest BCUT2D eigenvalue weighted by Crippen LogP contribution is -2.05. The van der Waals surface area contributed by atoms with E-state index in [2.05, 4.69) is 0 Å². The zero-order valence-corrected chi connectivity index (χ0v) is 10.0. The Hall–Kier alpha value is -2.30. The van der Waals surface area contributed by atoms with E-state index >= 15 is 0 Å². The summed E-state index contributed by atoms with van der Waals surface area (Å²) in [4.78, 5) is 12.0. The summed E-state index contributed by atoms with van der Waals surface area (Å²) in [6, 6.07) is 5.08. The van der Waals surface area contributed by atoms with E-state index in [1.54, 1.807) is 0 Å². The molecule has 0 bridgehead atoms. The van der Waals surface area contributed by atoms with Crippen molar-refractivity contribution in [1.29, 1.82) is 0 Å². The lowest BCUT2D eigenvalue weighted by atomic mass is 10.0. The largest absolute Gasteiger partial charge is 0.398 e. The van der Waals surface area contributed by atoms with Crippen LogP contribution in [0.5, 0.6) is 0 Å². The number of hydrogen-bond acceptors (Lipinski definition) is 2. The highest BCUT2D eigenvalue weighted by atomic mass is 19.2. The van der Waals surface area contributed by atoms with Crippen molar-refractivity contribution >= 4 is 11.5 Å². The van der Waals surface area contributed by atoms with E-state index < -0.39 is 23.2 Å². The van der Waals surface area contributed by atoms with Gasteiger partial charge in [0.1, 0.15) is 5.82 Å². The van der Waals surface area contributed by atoms with Crippen molar-refractivity contribution in [3.63, 3.8) is 0 Å². The van der Waals surface area contributed by atoms with E-state index in [0.29, 0.717) is 0 Å². The topological polar surface area (TPSA) is 43.1 Å². The van der Waals surface area contributed by atoms with Gasteiger partial charge in [-0.2, -0.15) is 0 Å². The zero-order valence-electron chi connectivity index (χ0n) is 10.0. The third kappa shape index (κ3) is 2.45. The first-order chi connectivity index (χ1) is 8.90. The zero-order chi connectivity index (χ0) is 14.2. The Balaban J connectivity index is 2.47. The van der Waals surface area contributed by atoms with Crippen molar-refractivity contribution in [3.8, 4) is 0 Å². The molecule has 2 nitrogen and oxygen atoms in total.